The molecule has 174 valence electrons. The summed E-state index contributed by atoms with van der Waals surface area (Å²) in [4.78, 5) is 12.2. The number of carbonyl (C=O) groups excluding carboxylic acids is 1. The van der Waals surface area contributed by atoms with Crippen LogP contribution >= 0.6 is 0 Å². The van der Waals surface area contributed by atoms with Crippen LogP contribution in [0.3, 0.4) is 0 Å². The number of methoxy groups -OCH3 is 1. The van der Waals surface area contributed by atoms with Gasteiger partial charge in [-0.3, -0.25) is 0 Å². The van der Waals surface area contributed by atoms with Crippen LogP contribution in [0.2, 0.25) is 0 Å². The highest BCUT2D eigenvalue weighted by molar-refractivity contribution is 5.88. The highest BCUT2D eigenvalue weighted by Crippen LogP contribution is 2.45. The molecule has 4 rings (SSSR count). The highest BCUT2D eigenvalue weighted by Gasteiger charge is 2.32. The molecule has 2 aromatic carbocycles. The summed E-state index contributed by atoms with van der Waals surface area (Å²) in [6, 6.07) is 15.7. The maximum atomic E-state index is 12.2. The molecule has 1 aromatic heterocycles. The van der Waals surface area contributed by atoms with Gasteiger partial charge in [0.2, 0.25) is 11.6 Å². The number of hydrogen-bond donors (Lipinski definition) is 1. The summed E-state index contributed by atoms with van der Waals surface area (Å²) >= 11 is 0. The molecule has 0 spiro atoms. The van der Waals surface area contributed by atoms with E-state index in [0.717, 1.165) is 5.56 Å². The third-order valence-electron chi connectivity index (χ3n) is 5.22. The van der Waals surface area contributed by atoms with Crippen molar-refractivity contribution in [3.05, 3.63) is 83.1 Å². The molecule has 0 saturated carbocycles. The molecule has 0 bridgehead atoms. The molecule has 1 aliphatic rings. The lowest BCUT2D eigenvalue weighted by Crippen LogP contribution is -2.21. The maximum absolute atomic E-state index is 12.2. The zero-order chi connectivity index (χ0) is 24.2. The van der Waals surface area contributed by atoms with Crippen molar-refractivity contribution >= 4 is 5.97 Å². The Balaban J connectivity index is 1.69. The second-order valence-corrected chi connectivity index (χ2v) is 8.11. The highest BCUT2D eigenvalue weighted by atomic mass is 16.5. The quantitative estimate of drug-likeness (QED) is 0.396. The van der Waals surface area contributed by atoms with E-state index in [9.17, 15) is 10.1 Å². The van der Waals surface area contributed by atoms with Gasteiger partial charge in [0.05, 0.1) is 25.9 Å². The number of fused-ring (bicyclic) bond motifs is 1. The van der Waals surface area contributed by atoms with E-state index in [1.165, 1.54) is 12.3 Å². The Labute approximate surface area is 197 Å². The maximum Gasteiger partial charge on any atom is 0.379 e. The van der Waals surface area contributed by atoms with Crippen molar-refractivity contribution in [2.75, 3.05) is 13.7 Å². The van der Waals surface area contributed by atoms with Crippen molar-refractivity contribution in [2.45, 2.75) is 19.8 Å². The summed E-state index contributed by atoms with van der Waals surface area (Å²) < 4.78 is 27.6. The van der Waals surface area contributed by atoms with Crippen molar-refractivity contribution in [1.29, 1.82) is 5.26 Å². The third kappa shape index (κ3) is 4.55. The number of nitriles is 1. The molecule has 0 radical (unpaired) electrons. The van der Waals surface area contributed by atoms with Gasteiger partial charge in [0.15, 0.2) is 11.5 Å². The molecule has 2 heterocycles. The molecule has 0 saturated heterocycles. The monoisotopic (exact) mass is 460 g/mol. The van der Waals surface area contributed by atoms with Gasteiger partial charge >= 0.3 is 5.97 Å². The number of carbonyl (C=O) groups is 1. The molecule has 2 N–H and O–H groups in total. The molecule has 8 nitrogen and oxygen atoms in total. The third-order valence-corrected chi connectivity index (χ3v) is 5.22. The second kappa shape index (κ2) is 9.63. The lowest BCUT2D eigenvalue weighted by molar-refractivity contribution is 0.0701. The predicted octanol–water partition coefficient (Wildman–Crippen LogP) is 4.76. The van der Waals surface area contributed by atoms with Crippen LogP contribution in [0, 0.1) is 17.2 Å². The van der Waals surface area contributed by atoms with Gasteiger partial charge < -0.3 is 29.1 Å². The lowest BCUT2D eigenvalue weighted by Gasteiger charge is -2.27. The first kappa shape index (κ1) is 22.8. The molecule has 1 aliphatic heterocycles. The van der Waals surface area contributed by atoms with Gasteiger partial charge in [-0.15, -0.1) is 0 Å². The topological polar surface area (TPSA) is 117 Å². The van der Waals surface area contributed by atoms with Gasteiger partial charge in [0.25, 0.3) is 0 Å². The molecule has 0 amide bonds. The van der Waals surface area contributed by atoms with Crippen molar-refractivity contribution in [2.24, 2.45) is 11.7 Å². The van der Waals surface area contributed by atoms with E-state index < -0.39 is 11.9 Å². The molecule has 3 aromatic rings. The number of nitrogens with two attached hydrogens (primary N) is 1. The minimum absolute atomic E-state index is 0.0198. The SMILES string of the molecule is COc1cc(C2C(C#N)=C(N)Oc3cc(OC(=O)c4ccco4)ccc32)ccc1OCC(C)C. The summed E-state index contributed by atoms with van der Waals surface area (Å²) in [5.74, 6) is 1.07. The summed E-state index contributed by atoms with van der Waals surface area (Å²) in [5.41, 5.74) is 7.84. The van der Waals surface area contributed by atoms with E-state index in [1.807, 2.05) is 18.2 Å². The van der Waals surface area contributed by atoms with E-state index in [1.54, 1.807) is 31.4 Å². The Morgan fingerprint density at radius 3 is 2.68 bits per heavy atom. The Morgan fingerprint density at radius 1 is 1.18 bits per heavy atom. The summed E-state index contributed by atoms with van der Waals surface area (Å²) in [6.45, 7) is 4.67. The molecule has 1 atom stereocenters. The number of allylic oxidation sites excluding steroid dienone is 1. The molecule has 0 fully saturated rings. The van der Waals surface area contributed by atoms with Gasteiger partial charge in [-0.2, -0.15) is 5.26 Å². The normalized spacial score (nSPS) is 14.7. The fraction of sp³-hybridized carbons (Fsp3) is 0.231. The smallest absolute Gasteiger partial charge is 0.379 e. The lowest BCUT2D eigenvalue weighted by atomic mass is 9.83. The number of benzene rings is 2. The van der Waals surface area contributed by atoms with E-state index in [4.69, 9.17) is 29.1 Å². The first-order chi connectivity index (χ1) is 16.4. The van der Waals surface area contributed by atoms with Crippen LogP contribution < -0.4 is 24.7 Å². The number of esters is 1. The van der Waals surface area contributed by atoms with Crippen molar-refractivity contribution in [1.82, 2.24) is 0 Å². The standard InChI is InChI=1S/C26H24N2O6/c1-15(2)14-32-20-9-6-16(11-23(20)30-3)24-18-8-7-17(33-26(29)21-5-4-10-31-21)12-22(18)34-25(28)19(24)13-27/h4-12,15,24H,14,28H2,1-3H3. The van der Waals surface area contributed by atoms with E-state index in [2.05, 4.69) is 19.9 Å². The average Bonchev–Trinajstić information content (AvgIpc) is 3.37. The molecular formula is C26H24N2O6. The van der Waals surface area contributed by atoms with Crippen molar-refractivity contribution < 1.29 is 28.2 Å². The molecule has 0 aliphatic carbocycles. The van der Waals surface area contributed by atoms with Gasteiger partial charge in [0.1, 0.15) is 23.1 Å². The van der Waals surface area contributed by atoms with Crippen LogP contribution in [0.25, 0.3) is 0 Å². The van der Waals surface area contributed by atoms with Crippen LogP contribution in [0.5, 0.6) is 23.0 Å². The van der Waals surface area contributed by atoms with Gasteiger partial charge in [-0.05, 0) is 41.8 Å². The summed E-state index contributed by atoms with van der Waals surface area (Å²) in [7, 11) is 1.56. The number of ether oxygens (including phenoxy) is 4. The first-order valence-corrected chi connectivity index (χ1v) is 10.7. The van der Waals surface area contributed by atoms with E-state index >= 15 is 0 Å². The number of nitrogens with zero attached hydrogens (tertiary/aromatic N) is 1. The second-order valence-electron chi connectivity index (χ2n) is 8.11. The molecule has 1 unspecified atom stereocenters. The fourth-order valence-electron chi connectivity index (χ4n) is 3.63. The Morgan fingerprint density at radius 2 is 2.00 bits per heavy atom. The average molecular weight is 460 g/mol. The number of furan rings is 1. The minimum atomic E-state index is -0.639. The van der Waals surface area contributed by atoms with Crippen molar-refractivity contribution in [3.8, 4) is 29.1 Å². The minimum Gasteiger partial charge on any atom is -0.493 e. The van der Waals surface area contributed by atoms with Gasteiger partial charge in [-0.25, -0.2) is 4.79 Å². The molecular weight excluding hydrogens is 436 g/mol. The zero-order valence-corrected chi connectivity index (χ0v) is 19.0. The van der Waals surface area contributed by atoms with Crippen LogP contribution in [-0.2, 0) is 0 Å². The Bertz CT molecular complexity index is 1270. The van der Waals surface area contributed by atoms with Gasteiger partial charge in [-0.1, -0.05) is 26.0 Å². The Kier molecular flexibility index (Phi) is 6.46. The van der Waals surface area contributed by atoms with Crippen molar-refractivity contribution in [3.63, 3.8) is 0 Å². The zero-order valence-electron chi connectivity index (χ0n) is 19.0. The van der Waals surface area contributed by atoms with Gasteiger partial charge in [0, 0.05) is 11.6 Å². The molecule has 8 heteroatoms. The Hall–Kier alpha value is -4.38. The largest absolute Gasteiger partial charge is 0.493 e. The predicted molar refractivity (Wildman–Crippen MR) is 123 cm³/mol. The van der Waals surface area contributed by atoms with Crippen LogP contribution in [0.15, 0.2) is 70.7 Å². The summed E-state index contributed by atoms with van der Waals surface area (Å²) in [5, 5.41) is 9.82. The summed E-state index contributed by atoms with van der Waals surface area (Å²) in [6.07, 6.45) is 1.39. The number of rotatable bonds is 7. The van der Waals surface area contributed by atoms with E-state index in [-0.39, 0.29) is 23.0 Å². The van der Waals surface area contributed by atoms with Crippen LogP contribution in [-0.4, -0.2) is 19.7 Å². The van der Waals surface area contributed by atoms with Crippen LogP contribution in [0.4, 0.5) is 0 Å². The first-order valence-electron chi connectivity index (χ1n) is 10.7. The van der Waals surface area contributed by atoms with E-state index in [0.29, 0.717) is 35.3 Å². The fourth-order valence-corrected chi connectivity index (χ4v) is 3.63. The van der Waals surface area contributed by atoms with Crippen LogP contribution in [0.1, 0.15) is 41.4 Å². The number of hydrogen-bond acceptors (Lipinski definition) is 8. The molecule has 34 heavy (non-hydrogen) atoms.